The van der Waals surface area contributed by atoms with E-state index >= 15 is 0 Å². The van der Waals surface area contributed by atoms with Crippen molar-refractivity contribution in [2.45, 2.75) is 19.4 Å². The molecule has 18 heavy (non-hydrogen) atoms. The van der Waals surface area contributed by atoms with Crippen molar-refractivity contribution >= 4 is 5.69 Å². The largest absolute Gasteiger partial charge is 0.383 e. The fourth-order valence-corrected chi connectivity index (χ4v) is 1.70. The molecule has 1 heterocycles. The maximum atomic E-state index is 5.95. The molecule has 1 rings (SSSR count). The van der Waals surface area contributed by atoms with E-state index in [4.69, 9.17) is 10.5 Å². The zero-order valence-electron chi connectivity index (χ0n) is 11.3. The van der Waals surface area contributed by atoms with E-state index in [2.05, 4.69) is 29.5 Å². The van der Waals surface area contributed by atoms with Gasteiger partial charge in [0.15, 0.2) is 0 Å². The van der Waals surface area contributed by atoms with Gasteiger partial charge < -0.3 is 15.4 Å². The van der Waals surface area contributed by atoms with Crippen LogP contribution >= 0.6 is 0 Å². The molecule has 1 atom stereocenters. The molecule has 2 N–H and O–H groups in total. The summed E-state index contributed by atoms with van der Waals surface area (Å²) in [5.74, 6) is 0. The van der Waals surface area contributed by atoms with Crippen LogP contribution in [0.4, 0.5) is 5.69 Å². The lowest BCUT2D eigenvalue weighted by atomic mass is 10.1. The highest BCUT2D eigenvalue weighted by atomic mass is 16.5. The topological polar surface area (TPSA) is 51.4 Å². The summed E-state index contributed by atoms with van der Waals surface area (Å²) in [5, 5.41) is 0. The third kappa shape index (κ3) is 4.13. The van der Waals surface area contributed by atoms with Crippen molar-refractivity contribution in [3.05, 3.63) is 36.7 Å². The van der Waals surface area contributed by atoms with Crippen LogP contribution in [0.1, 0.15) is 25.1 Å². The number of aromatic nitrogens is 1. The molecule has 0 fully saturated rings. The Morgan fingerprint density at radius 1 is 1.56 bits per heavy atom. The van der Waals surface area contributed by atoms with Gasteiger partial charge in [-0.1, -0.05) is 13.0 Å². The first-order chi connectivity index (χ1) is 8.72. The first kappa shape index (κ1) is 14.7. The van der Waals surface area contributed by atoms with Gasteiger partial charge in [-0.05, 0) is 18.6 Å². The minimum Gasteiger partial charge on any atom is -0.383 e. The van der Waals surface area contributed by atoms with E-state index in [0.717, 1.165) is 30.9 Å². The van der Waals surface area contributed by atoms with Crippen LogP contribution in [-0.4, -0.2) is 31.8 Å². The molecule has 1 aromatic heterocycles. The minimum absolute atomic E-state index is 0.0193. The van der Waals surface area contributed by atoms with E-state index in [1.165, 1.54) is 0 Å². The Morgan fingerprint density at radius 2 is 2.33 bits per heavy atom. The van der Waals surface area contributed by atoms with E-state index in [1.54, 1.807) is 7.11 Å². The van der Waals surface area contributed by atoms with E-state index < -0.39 is 0 Å². The second kappa shape index (κ2) is 7.84. The summed E-state index contributed by atoms with van der Waals surface area (Å²) in [5.41, 5.74) is 7.95. The first-order valence-corrected chi connectivity index (χ1v) is 6.29. The molecule has 0 amide bonds. The molecule has 0 aliphatic rings. The van der Waals surface area contributed by atoms with Gasteiger partial charge in [0.25, 0.3) is 0 Å². The number of ether oxygens (including phenoxy) is 1. The highest BCUT2D eigenvalue weighted by Crippen LogP contribution is 2.16. The number of methoxy groups -OCH3 is 1. The summed E-state index contributed by atoms with van der Waals surface area (Å²) in [6.45, 7) is 8.12. The van der Waals surface area contributed by atoms with Gasteiger partial charge in [-0.3, -0.25) is 4.98 Å². The lowest BCUT2D eigenvalue weighted by molar-refractivity contribution is 0.206. The molecular weight excluding hydrogens is 226 g/mol. The number of hydrogen-bond donors (Lipinski definition) is 1. The highest BCUT2D eigenvalue weighted by Gasteiger charge is 2.08. The van der Waals surface area contributed by atoms with Gasteiger partial charge in [-0.2, -0.15) is 0 Å². The molecule has 4 nitrogen and oxygen atoms in total. The van der Waals surface area contributed by atoms with Crippen LogP contribution in [0.25, 0.3) is 0 Å². The quantitative estimate of drug-likeness (QED) is 0.717. The Morgan fingerprint density at radius 3 is 2.83 bits per heavy atom. The van der Waals surface area contributed by atoms with Crippen molar-refractivity contribution in [2.24, 2.45) is 5.73 Å². The number of rotatable bonds is 8. The molecule has 0 aliphatic heterocycles. The molecule has 0 saturated carbocycles. The Balaban J connectivity index is 2.76. The Kier molecular flexibility index (Phi) is 6.39. The van der Waals surface area contributed by atoms with Crippen LogP contribution in [-0.2, 0) is 4.74 Å². The molecule has 0 bridgehead atoms. The Labute approximate surface area is 109 Å². The van der Waals surface area contributed by atoms with Crippen molar-refractivity contribution in [3.8, 4) is 0 Å². The van der Waals surface area contributed by atoms with Crippen molar-refractivity contribution in [3.63, 3.8) is 0 Å². The fraction of sp³-hybridized carbons (Fsp3) is 0.500. The predicted molar refractivity (Wildman–Crippen MR) is 75.7 cm³/mol. The molecule has 4 heteroatoms. The molecule has 0 aromatic carbocycles. The molecule has 100 valence electrons. The molecule has 0 radical (unpaired) electrons. The van der Waals surface area contributed by atoms with Crippen molar-refractivity contribution < 1.29 is 4.74 Å². The average Bonchev–Trinajstić information content (AvgIpc) is 2.43. The number of anilines is 1. The van der Waals surface area contributed by atoms with Crippen LogP contribution in [0.2, 0.25) is 0 Å². The van der Waals surface area contributed by atoms with E-state index in [1.807, 2.05) is 18.3 Å². The third-order valence-electron chi connectivity index (χ3n) is 2.87. The first-order valence-electron chi connectivity index (χ1n) is 6.29. The minimum atomic E-state index is 0.0193. The second-order valence-electron chi connectivity index (χ2n) is 4.18. The summed E-state index contributed by atoms with van der Waals surface area (Å²) in [6.07, 6.45) is 4.64. The van der Waals surface area contributed by atoms with Crippen LogP contribution < -0.4 is 10.6 Å². The number of hydrogen-bond acceptors (Lipinski definition) is 4. The van der Waals surface area contributed by atoms with Crippen LogP contribution in [0.3, 0.4) is 0 Å². The molecule has 0 saturated heterocycles. The van der Waals surface area contributed by atoms with E-state index in [0.29, 0.717) is 6.61 Å². The molecular formula is C14H23N3O. The van der Waals surface area contributed by atoms with Crippen LogP contribution in [0, 0.1) is 0 Å². The average molecular weight is 249 g/mol. The monoisotopic (exact) mass is 249 g/mol. The van der Waals surface area contributed by atoms with Gasteiger partial charge in [-0.25, -0.2) is 0 Å². The number of nitrogens with zero attached hydrogens (tertiary/aromatic N) is 2. The Bertz CT molecular complexity index is 351. The van der Waals surface area contributed by atoms with Gasteiger partial charge in [0.05, 0.1) is 24.2 Å². The summed E-state index contributed by atoms with van der Waals surface area (Å²) in [4.78, 5) is 6.59. The standard InChI is InChI=1S/C14H23N3O/c1-4-8-17(9-10-18-3)12-6-7-14(16-11-12)13(15)5-2/h4,6-7,11,13H,1,5,8-10,15H2,2-3H3. The second-order valence-corrected chi connectivity index (χ2v) is 4.18. The molecule has 1 aromatic rings. The van der Waals surface area contributed by atoms with Gasteiger partial charge in [0, 0.05) is 26.2 Å². The zero-order chi connectivity index (χ0) is 13.4. The smallest absolute Gasteiger partial charge is 0.0637 e. The molecule has 1 unspecified atom stereocenters. The van der Waals surface area contributed by atoms with Gasteiger partial charge >= 0.3 is 0 Å². The fourth-order valence-electron chi connectivity index (χ4n) is 1.70. The van der Waals surface area contributed by atoms with Gasteiger partial charge in [0.1, 0.15) is 0 Å². The number of pyridine rings is 1. The zero-order valence-corrected chi connectivity index (χ0v) is 11.3. The summed E-state index contributed by atoms with van der Waals surface area (Å²) in [6, 6.07) is 4.06. The van der Waals surface area contributed by atoms with E-state index in [9.17, 15) is 0 Å². The summed E-state index contributed by atoms with van der Waals surface area (Å²) < 4.78 is 5.10. The van der Waals surface area contributed by atoms with Crippen LogP contribution in [0.5, 0.6) is 0 Å². The maximum Gasteiger partial charge on any atom is 0.0637 e. The third-order valence-corrected chi connectivity index (χ3v) is 2.87. The lowest BCUT2D eigenvalue weighted by Gasteiger charge is -2.23. The number of nitrogens with two attached hydrogens (primary N) is 1. The summed E-state index contributed by atoms with van der Waals surface area (Å²) >= 11 is 0. The van der Waals surface area contributed by atoms with E-state index in [-0.39, 0.29) is 6.04 Å². The molecule has 0 spiro atoms. The predicted octanol–water partition coefficient (Wildman–Crippen LogP) is 2.13. The van der Waals surface area contributed by atoms with Crippen molar-refractivity contribution in [1.82, 2.24) is 4.98 Å². The maximum absolute atomic E-state index is 5.95. The Hall–Kier alpha value is -1.39. The van der Waals surface area contributed by atoms with Crippen LogP contribution in [0.15, 0.2) is 31.0 Å². The highest BCUT2D eigenvalue weighted by molar-refractivity contribution is 5.45. The van der Waals surface area contributed by atoms with Gasteiger partial charge in [-0.15, -0.1) is 6.58 Å². The molecule has 0 aliphatic carbocycles. The normalized spacial score (nSPS) is 12.2. The van der Waals surface area contributed by atoms with Gasteiger partial charge in [0.2, 0.25) is 0 Å². The van der Waals surface area contributed by atoms with Crippen molar-refractivity contribution in [2.75, 3.05) is 31.7 Å². The SMILES string of the molecule is C=CCN(CCOC)c1ccc(C(N)CC)nc1. The van der Waals surface area contributed by atoms with Crippen molar-refractivity contribution in [1.29, 1.82) is 0 Å². The lowest BCUT2D eigenvalue weighted by Crippen LogP contribution is -2.27. The summed E-state index contributed by atoms with van der Waals surface area (Å²) in [7, 11) is 1.70.